The number of ether oxygens (including phenoxy) is 2. The molecule has 4 aromatic heterocycles. The van der Waals surface area contributed by atoms with Crippen LogP contribution in [0.15, 0.2) is 192 Å². The van der Waals surface area contributed by atoms with Crippen LogP contribution in [0.3, 0.4) is 0 Å². The van der Waals surface area contributed by atoms with Gasteiger partial charge in [0.05, 0.1) is 62.4 Å². The van der Waals surface area contributed by atoms with E-state index >= 15 is 0 Å². The van der Waals surface area contributed by atoms with Crippen LogP contribution in [0.5, 0.6) is 0 Å². The molecule has 0 spiro atoms. The molecule has 6 aromatic carbocycles. The van der Waals surface area contributed by atoms with E-state index < -0.39 is 47.8 Å². The summed E-state index contributed by atoms with van der Waals surface area (Å²) >= 11 is 12.3. The van der Waals surface area contributed by atoms with Crippen LogP contribution in [0, 0.1) is 0 Å². The van der Waals surface area contributed by atoms with Gasteiger partial charge in [-0.25, -0.2) is 48.3 Å². The second-order valence-corrected chi connectivity index (χ2v) is 19.2. The van der Waals surface area contributed by atoms with Gasteiger partial charge in [0.2, 0.25) is 0 Å². The lowest BCUT2D eigenvalue weighted by Crippen LogP contribution is -2.19. The number of carboxylic acids is 6. The predicted octanol–water partition coefficient (Wildman–Crippen LogP) is 8.43. The maximum atomic E-state index is 12.7. The molecular weight excluding hydrogens is 1190 g/mol. The molecule has 450 valence electrons. The zero-order chi connectivity index (χ0) is 64.5. The third kappa shape index (κ3) is 16.0. The molecule has 0 aliphatic rings. The van der Waals surface area contributed by atoms with Gasteiger partial charge in [-0.1, -0.05) is 120 Å². The zero-order valence-electron chi connectivity index (χ0n) is 46.5. The van der Waals surface area contributed by atoms with Crippen molar-refractivity contribution >= 4 is 92.8 Å². The van der Waals surface area contributed by atoms with Gasteiger partial charge < -0.3 is 58.4 Å². The van der Waals surface area contributed by atoms with Gasteiger partial charge in [0.15, 0.2) is 0 Å². The Balaban J connectivity index is 0.000000220. The summed E-state index contributed by atoms with van der Waals surface area (Å²) in [7, 11) is 6.22. The number of aryl methyl sites for hydroxylation is 2. The fourth-order valence-electron chi connectivity index (χ4n) is 8.87. The molecule has 88 heavy (non-hydrogen) atoms. The number of aliphatic carboxylic acids is 6. The van der Waals surface area contributed by atoms with E-state index in [-0.39, 0.29) is 23.2 Å². The standard InChI is InChI=1S/2C28H22ClN3O3.3C2H2O4/c2*1-31-24-13-10-20(14-23(24)22(15-26(31)33)18-6-4-3-5-7-18)27(19-8-11-21(29)12-9-19)32-17-30-16-25(32)28(34)35-2;3*3-1(4)2(5)6/h2*3-17,27H,1-2H3;3*(H,3,4)(H,5,6). The van der Waals surface area contributed by atoms with E-state index in [1.807, 2.05) is 133 Å². The maximum Gasteiger partial charge on any atom is 0.414 e. The molecule has 0 saturated heterocycles. The summed E-state index contributed by atoms with van der Waals surface area (Å²) in [4.78, 5) is 114. The number of nitrogens with zero attached hydrogens (tertiary/aromatic N) is 6. The first-order valence-electron chi connectivity index (χ1n) is 25.4. The van der Waals surface area contributed by atoms with Gasteiger partial charge in [0, 0.05) is 47.0 Å². The third-order valence-corrected chi connectivity index (χ3v) is 13.4. The summed E-state index contributed by atoms with van der Waals surface area (Å²) in [6.45, 7) is 0. The summed E-state index contributed by atoms with van der Waals surface area (Å²) in [5.41, 5.74) is 9.39. The average molecular weight is 1240 g/mol. The minimum Gasteiger partial charge on any atom is -0.473 e. The van der Waals surface area contributed by atoms with E-state index in [4.69, 9.17) is 92.1 Å². The number of carboxylic acid groups (broad SMARTS) is 6. The predicted molar refractivity (Wildman–Crippen MR) is 320 cm³/mol. The number of pyridine rings is 2. The van der Waals surface area contributed by atoms with E-state index in [0.29, 0.717) is 21.4 Å². The Labute approximate surface area is 507 Å². The van der Waals surface area contributed by atoms with Gasteiger partial charge in [0.25, 0.3) is 11.1 Å². The summed E-state index contributed by atoms with van der Waals surface area (Å²) in [6, 6.07) is 49.2. The molecule has 0 fully saturated rings. The lowest BCUT2D eigenvalue weighted by atomic mass is 9.94. The maximum absolute atomic E-state index is 12.7. The fraction of sp³-hybridized carbons (Fsp3) is 0.0968. The molecule has 6 N–H and O–H groups in total. The molecule has 0 amide bonds. The highest BCUT2D eigenvalue weighted by Gasteiger charge is 2.26. The van der Waals surface area contributed by atoms with Crippen LogP contribution in [0.1, 0.15) is 55.3 Å². The number of methoxy groups -OCH3 is 2. The van der Waals surface area contributed by atoms with Gasteiger partial charge in [0.1, 0.15) is 11.4 Å². The lowest BCUT2D eigenvalue weighted by Gasteiger charge is -2.23. The number of hydrogen-bond donors (Lipinski definition) is 6. The molecule has 4 heterocycles. The summed E-state index contributed by atoms with van der Waals surface area (Å²) in [5.74, 6) is -11.9. The largest absolute Gasteiger partial charge is 0.473 e. The highest BCUT2D eigenvalue weighted by molar-refractivity contribution is 6.31. The second kappa shape index (κ2) is 29.8. The second-order valence-electron chi connectivity index (χ2n) is 18.3. The van der Waals surface area contributed by atoms with Crippen molar-refractivity contribution in [2.45, 2.75) is 12.1 Å². The Morgan fingerprint density at radius 2 is 0.716 bits per heavy atom. The Kier molecular flexibility index (Phi) is 22.3. The van der Waals surface area contributed by atoms with Crippen LogP contribution in [0.4, 0.5) is 0 Å². The number of carbonyl (C=O) groups excluding carboxylic acids is 2. The number of fused-ring (bicyclic) bond motifs is 2. The van der Waals surface area contributed by atoms with Crippen molar-refractivity contribution in [1.29, 1.82) is 0 Å². The molecule has 0 bridgehead atoms. The van der Waals surface area contributed by atoms with E-state index in [9.17, 15) is 19.2 Å². The molecule has 24 nitrogen and oxygen atoms in total. The molecule has 0 aliphatic heterocycles. The number of benzene rings is 6. The van der Waals surface area contributed by atoms with E-state index in [0.717, 1.165) is 66.3 Å². The first kappa shape index (κ1) is 65.7. The van der Waals surface area contributed by atoms with Crippen molar-refractivity contribution in [2.75, 3.05) is 14.2 Å². The minimum absolute atomic E-state index is 0.0825. The SMILES string of the molecule is COC(=O)c1cncn1C(c1ccc(Cl)cc1)c1ccc2c(c1)c(-c1ccccc1)cc(=O)n2C.COC(=O)c1cncn1C(c1ccc(Cl)cc1)c1ccc2c(c1)c(-c1ccccc1)cc(=O)n2C.O=C(O)C(=O)O.O=C(O)C(=O)O.O=C(O)C(=O)O. The molecule has 10 rings (SSSR count). The summed E-state index contributed by atoms with van der Waals surface area (Å²) in [5, 5.41) is 47.4. The highest BCUT2D eigenvalue weighted by atomic mass is 35.5. The number of imidazole rings is 2. The molecule has 0 saturated carbocycles. The zero-order valence-corrected chi connectivity index (χ0v) is 48.0. The average Bonchev–Trinajstić information content (AvgIpc) is 1.07. The number of rotatable bonds is 10. The number of carbonyl (C=O) groups is 8. The first-order valence-corrected chi connectivity index (χ1v) is 26.1. The number of halogens is 2. The van der Waals surface area contributed by atoms with Crippen molar-refractivity contribution in [3.63, 3.8) is 0 Å². The molecule has 0 radical (unpaired) electrons. The van der Waals surface area contributed by atoms with Crippen LogP contribution in [0.2, 0.25) is 10.0 Å². The van der Waals surface area contributed by atoms with Crippen LogP contribution < -0.4 is 11.1 Å². The summed E-state index contributed by atoms with van der Waals surface area (Å²) in [6.07, 6.45) is 6.23. The number of hydrogen-bond acceptors (Lipinski definition) is 14. The van der Waals surface area contributed by atoms with Crippen LogP contribution >= 0.6 is 23.2 Å². The molecular formula is C62H50Cl2N6O18. The number of esters is 2. The first-order chi connectivity index (χ1) is 41.9. The molecule has 0 aliphatic carbocycles. The third-order valence-electron chi connectivity index (χ3n) is 12.9. The molecule has 2 atom stereocenters. The van der Waals surface area contributed by atoms with E-state index in [2.05, 4.69) is 22.1 Å². The van der Waals surface area contributed by atoms with Crippen molar-refractivity contribution < 1.29 is 78.5 Å². The quantitative estimate of drug-likeness (QED) is 0.0552. The summed E-state index contributed by atoms with van der Waals surface area (Å²) < 4.78 is 16.8. The normalized spacial score (nSPS) is 11.0. The van der Waals surface area contributed by atoms with Gasteiger partial charge in [-0.15, -0.1) is 0 Å². The van der Waals surface area contributed by atoms with E-state index in [1.54, 1.807) is 57.2 Å². The molecule has 26 heteroatoms. The Morgan fingerprint density at radius 1 is 0.420 bits per heavy atom. The van der Waals surface area contributed by atoms with Gasteiger partial charge >= 0.3 is 47.8 Å². The topological polar surface area (TPSA) is 356 Å². The minimum atomic E-state index is -1.82. The smallest absolute Gasteiger partial charge is 0.414 e. The lowest BCUT2D eigenvalue weighted by molar-refractivity contribution is -0.159. The van der Waals surface area contributed by atoms with Crippen LogP contribution in [-0.2, 0) is 52.3 Å². The van der Waals surface area contributed by atoms with Gasteiger partial charge in [-0.2, -0.15) is 0 Å². The van der Waals surface area contributed by atoms with Crippen LogP contribution in [0.25, 0.3) is 44.1 Å². The van der Waals surface area contributed by atoms with Gasteiger partial charge in [-0.3, -0.25) is 9.59 Å². The monoisotopic (exact) mass is 1240 g/mol. The van der Waals surface area contributed by atoms with E-state index in [1.165, 1.54) is 26.6 Å². The van der Waals surface area contributed by atoms with Crippen LogP contribution in [-0.4, -0.2) is 121 Å². The van der Waals surface area contributed by atoms with Crippen molar-refractivity contribution in [3.8, 4) is 22.3 Å². The highest BCUT2D eigenvalue weighted by Crippen LogP contribution is 2.36. The van der Waals surface area contributed by atoms with Gasteiger partial charge in [-0.05, 0) is 93.0 Å². The molecule has 10 aromatic rings. The Bertz CT molecular complexity index is 4020. The Hall–Kier alpha value is -11.5. The molecule has 2 unspecified atom stereocenters. The number of aromatic nitrogens is 6. The van der Waals surface area contributed by atoms with Crippen molar-refractivity contribution in [1.82, 2.24) is 28.2 Å². The Morgan fingerprint density at radius 3 is 1.00 bits per heavy atom. The van der Waals surface area contributed by atoms with Crippen molar-refractivity contribution in [2.24, 2.45) is 14.1 Å². The van der Waals surface area contributed by atoms with Crippen molar-refractivity contribution in [3.05, 3.63) is 247 Å². The fourth-order valence-corrected chi connectivity index (χ4v) is 9.13.